The third kappa shape index (κ3) is 3.59. The average Bonchev–Trinajstić information content (AvgIpc) is 2.92. The second-order valence-corrected chi connectivity index (χ2v) is 6.20. The number of nitrogens with one attached hydrogen (secondary N) is 1. The zero-order valence-corrected chi connectivity index (χ0v) is 13.1. The maximum atomic E-state index is 9.18. The normalized spacial score (nSPS) is 11.8. The van der Waals surface area contributed by atoms with E-state index in [9.17, 15) is 5.26 Å². The van der Waals surface area contributed by atoms with Gasteiger partial charge in [0.05, 0.1) is 17.3 Å². The van der Waals surface area contributed by atoms with Crippen molar-refractivity contribution in [2.75, 3.05) is 5.32 Å². The van der Waals surface area contributed by atoms with Gasteiger partial charge in [0.1, 0.15) is 6.07 Å². The zero-order chi connectivity index (χ0) is 13.7. The van der Waals surface area contributed by atoms with Crippen molar-refractivity contribution in [1.82, 2.24) is 0 Å². The molecule has 0 aliphatic carbocycles. The van der Waals surface area contributed by atoms with Gasteiger partial charge in [-0.2, -0.15) is 5.26 Å². The molecule has 1 heterocycles. The number of benzene rings is 1. The van der Waals surface area contributed by atoms with Gasteiger partial charge >= 0.3 is 0 Å². The van der Waals surface area contributed by atoms with E-state index >= 15 is 0 Å². The summed E-state index contributed by atoms with van der Waals surface area (Å²) in [6.45, 7) is 2.18. The highest BCUT2D eigenvalue weighted by atomic mass is 79.9. The predicted octanol–water partition coefficient (Wildman–Crippen LogP) is 5.34. The predicted molar refractivity (Wildman–Crippen MR) is 84.4 cm³/mol. The Bertz CT molecular complexity index is 572. The molecule has 0 saturated heterocycles. The topological polar surface area (TPSA) is 35.8 Å². The SMILES string of the molecule is CCCC(Nc1cc(Br)ccc1C#N)c1cccs1. The van der Waals surface area contributed by atoms with E-state index in [2.05, 4.69) is 51.8 Å². The molecule has 1 aromatic carbocycles. The van der Waals surface area contributed by atoms with Gasteiger partial charge in [0.25, 0.3) is 0 Å². The molecule has 0 amide bonds. The van der Waals surface area contributed by atoms with E-state index in [-0.39, 0.29) is 6.04 Å². The first-order valence-electron chi connectivity index (χ1n) is 6.24. The molecule has 0 spiro atoms. The van der Waals surface area contributed by atoms with Crippen molar-refractivity contribution in [2.45, 2.75) is 25.8 Å². The van der Waals surface area contributed by atoms with Crippen LogP contribution in [0.1, 0.15) is 36.2 Å². The molecule has 0 radical (unpaired) electrons. The lowest BCUT2D eigenvalue weighted by Gasteiger charge is -2.19. The van der Waals surface area contributed by atoms with E-state index in [1.807, 2.05) is 18.2 Å². The number of rotatable bonds is 5. The Kier molecular flexibility index (Phi) is 5.00. The summed E-state index contributed by atoms with van der Waals surface area (Å²) in [7, 11) is 0. The fourth-order valence-corrected chi connectivity index (χ4v) is 3.16. The maximum absolute atomic E-state index is 9.18. The monoisotopic (exact) mass is 334 g/mol. The zero-order valence-electron chi connectivity index (χ0n) is 10.7. The molecule has 1 N–H and O–H groups in total. The van der Waals surface area contributed by atoms with E-state index in [0.717, 1.165) is 23.0 Å². The number of nitrogens with zero attached hydrogens (tertiary/aromatic N) is 1. The number of anilines is 1. The van der Waals surface area contributed by atoms with Crippen molar-refractivity contribution in [2.24, 2.45) is 0 Å². The van der Waals surface area contributed by atoms with E-state index in [0.29, 0.717) is 5.56 Å². The minimum atomic E-state index is 0.270. The first-order valence-corrected chi connectivity index (χ1v) is 7.91. The summed E-state index contributed by atoms with van der Waals surface area (Å²) in [5.41, 5.74) is 1.57. The van der Waals surface area contributed by atoms with Crippen LogP contribution in [0.2, 0.25) is 0 Å². The standard InChI is InChI=1S/C15H15BrN2S/c1-2-4-13(15-5-3-8-19-15)18-14-9-12(16)7-6-11(14)10-17/h3,5-9,13,18H,2,4H2,1H3. The number of hydrogen-bond donors (Lipinski definition) is 1. The molecule has 0 fully saturated rings. The highest BCUT2D eigenvalue weighted by molar-refractivity contribution is 9.10. The van der Waals surface area contributed by atoms with Gasteiger partial charge in [0, 0.05) is 9.35 Å². The molecule has 1 atom stereocenters. The molecule has 0 aliphatic rings. The Labute approximate surface area is 126 Å². The lowest BCUT2D eigenvalue weighted by atomic mass is 10.1. The van der Waals surface area contributed by atoms with Crippen molar-refractivity contribution in [3.05, 3.63) is 50.6 Å². The van der Waals surface area contributed by atoms with Gasteiger partial charge in [0.2, 0.25) is 0 Å². The smallest absolute Gasteiger partial charge is 0.101 e. The van der Waals surface area contributed by atoms with Crippen molar-refractivity contribution < 1.29 is 0 Å². The summed E-state index contributed by atoms with van der Waals surface area (Å²) in [5.74, 6) is 0. The van der Waals surface area contributed by atoms with Gasteiger partial charge in [-0.15, -0.1) is 11.3 Å². The lowest BCUT2D eigenvalue weighted by Crippen LogP contribution is -2.10. The number of hydrogen-bond acceptors (Lipinski definition) is 3. The van der Waals surface area contributed by atoms with Crippen molar-refractivity contribution in [1.29, 1.82) is 5.26 Å². The van der Waals surface area contributed by atoms with Crippen LogP contribution in [0.4, 0.5) is 5.69 Å². The third-order valence-corrected chi connectivity index (χ3v) is 4.38. The average molecular weight is 335 g/mol. The molecule has 1 unspecified atom stereocenters. The molecular weight excluding hydrogens is 320 g/mol. The van der Waals surface area contributed by atoms with Gasteiger partial charge < -0.3 is 5.32 Å². The molecule has 19 heavy (non-hydrogen) atoms. The second-order valence-electron chi connectivity index (χ2n) is 4.30. The fraction of sp³-hybridized carbons (Fsp3) is 0.267. The van der Waals surface area contributed by atoms with Gasteiger partial charge in [-0.25, -0.2) is 0 Å². The molecule has 0 aliphatic heterocycles. The third-order valence-electron chi connectivity index (χ3n) is 2.90. The van der Waals surface area contributed by atoms with Crippen LogP contribution in [0.3, 0.4) is 0 Å². The summed E-state index contributed by atoms with van der Waals surface area (Å²) in [6.07, 6.45) is 2.16. The molecule has 1 aromatic heterocycles. The van der Waals surface area contributed by atoms with Crippen LogP contribution in [-0.2, 0) is 0 Å². The summed E-state index contributed by atoms with van der Waals surface area (Å²) < 4.78 is 0.982. The van der Waals surface area contributed by atoms with Crippen LogP contribution < -0.4 is 5.32 Å². The fourth-order valence-electron chi connectivity index (χ4n) is 1.98. The van der Waals surface area contributed by atoms with E-state index in [1.165, 1.54) is 4.88 Å². The van der Waals surface area contributed by atoms with Crippen LogP contribution >= 0.6 is 27.3 Å². The van der Waals surface area contributed by atoms with E-state index in [1.54, 1.807) is 11.3 Å². The second kappa shape index (κ2) is 6.74. The molecule has 2 nitrogen and oxygen atoms in total. The largest absolute Gasteiger partial charge is 0.376 e. The Morgan fingerprint density at radius 3 is 2.89 bits per heavy atom. The quantitative estimate of drug-likeness (QED) is 0.801. The molecule has 2 aromatic rings. The van der Waals surface area contributed by atoms with Crippen molar-refractivity contribution >= 4 is 33.0 Å². The van der Waals surface area contributed by atoms with Gasteiger partial charge in [0.15, 0.2) is 0 Å². The summed E-state index contributed by atoms with van der Waals surface area (Å²) in [4.78, 5) is 1.31. The first-order chi connectivity index (χ1) is 9.24. The molecular formula is C15H15BrN2S. The molecule has 2 rings (SSSR count). The number of nitriles is 1. The van der Waals surface area contributed by atoms with Crippen molar-refractivity contribution in [3.63, 3.8) is 0 Å². The van der Waals surface area contributed by atoms with Gasteiger partial charge in [-0.05, 0) is 36.1 Å². The lowest BCUT2D eigenvalue weighted by molar-refractivity contribution is 0.687. The summed E-state index contributed by atoms with van der Waals surface area (Å²) >= 11 is 5.21. The van der Waals surface area contributed by atoms with Crippen LogP contribution in [-0.4, -0.2) is 0 Å². The highest BCUT2D eigenvalue weighted by Crippen LogP contribution is 2.30. The van der Waals surface area contributed by atoms with Crippen LogP contribution in [0.5, 0.6) is 0 Å². The molecule has 4 heteroatoms. The molecule has 98 valence electrons. The Morgan fingerprint density at radius 2 is 2.26 bits per heavy atom. The number of halogens is 1. The summed E-state index contributed by atoms with van der Waals surface area (Å²) in [5, 5.41) is 14.8. The molecule has 0 saturated carbocycles. The van der Waals surface area contributed by atoms with Gasteiger partial charge in [-0.1, -0.05) is 35.3 Å². The van der Waals surface area contributed by atoms with E-state index < -0.39 is 0 Å². The minimum absolute atomic E-state index is 0.270. The molecule has 0 bridgehead atoms. The van der Waals surface area contributed by atoms with Crippen LogP contribution in [0, 0.1) is 11.3 Å². The first kappa shape index (κ1) is 14.1. The Balaban J connectivity index is 2.27. The minimum Gasteiger partial charge on any atom is -0.376 e. The van der Waals surface area contributed by atoms with Crippen molar-refractivity contribution in [3.8, 4) is 6.07 Å². The Hall–Kier alpha value is -1.31. The summed E-state index contributed by atoms with van der Waals surface area (Å²) in [6, 6.07) is 12.4. The number of thiophene rings is 1. The van der Waals surface area contributed by atoms with E-state index in [4.69, 9.17) is 0 Å². The highest BCUT2D eigenvalue weighted by Gasteiger charge is 2.13. The Morgan fingerprint density at radius 1 is 1.42 bits per heavy atom. The maximum Gasteiger partial charge on any atom is 0.101 e. The van der Waals surface area contributed by atoms with Crippen LogP contribution in [0.15, 0.2) is 40.2 Å². The van der Waals surface area contributed by atoms with Gasteiger partial charge in [-0.3, -0.25) is 0 Å². The van der Waals surface area contributed by atoms with Crippen LogP contribution in [0.25, 0.3) is 0 Å².